The number of nitrogens with zero attached hydrogens (tertiary/aromatic N) is 2. The summed E-state index contributed by atoms with van der Waals surface area (Å²) in [5, 5.41) is 0. The van der Waals surface area contributed by atoms with Crippen molar-refractivity contribution in [2.45, 2.75) is 26.7 Å². The van der Waals surface area contributed by atoms with E-state index < -0.39 is 0 Å². The van der Waals surface area contributed by atoms with Gasteiger partial charge in [-0.3, -0.25) is 9.78 Å². The van der Waals surface area contributed by atoms with Gasteiger partial charge in [0.2, 0.25) is 0 Å². The third kappa shape index (κ3) is 4.31. The van der Waals surface area contributed by atoms with Crippen molar-refractivity contribution in [2.75, 3.05) is 20.2 Å². The van der Waals surface area contributed by atoms with Crippen LogP contribution < -0.4 is 4.74 Å². The third-order valence-corrected chi connectivity index (χ3v) is 4.00. The Labute approximate surface area is 138 Å². The molecule has 0 radical (unpaired) electrons. The standard InChI is InChI=1S/C19H24N2O2/c1-4-16-14-17(6-7-18(16)23-3)19(22)21(5-2)13-10-15-8-11-20-12-9-15/h6-9,11-12,14H,4-5,10,13H2,1-3H3. The lowest BCUT2D eigenvalue weighted by Gasteiger charge is -2.21. The van der Waals surface area contributed by atoms with E-state index in [1.807, 2.05) is 42.2 Å². The van der Waals surface area contributed by atoms with Gasteiger partial charge in [-0.05, 0) is 61.2 Å². The van der Waals surface area contributed by atoms with Crippen LogP contribution in [0.15, 0.2) is 42.7 Å². The fourth-order valence-electron chi connectivity index (χ4n) is 2.59. The summed E-state index contributed by atoms with van der Waals surface area (Å²) in [6, 6.07) is 9.64. The number of rotatable bonds is 7. The van der Waals surface area contributed by atoms with E-state index in [0.717, 1.165) is 29.7 Å². The highest BCUT2D eigenvalue weighted by Gasteiger charge is 2.15. The molecular weight excluding hydrogens is 288 g/mol. The first-order valence-electron chi connectivity index (χ1n) is 8.04. The molecule has 4 nitrogen and oxygen atoms in total. The summed E-state index contributed by atoms with van der Waals surface area (Å²) in [5.74, 6) is 0.905. The Kier molecular flexibility index (Phi) is 6.15. The van der Waals surface area contributed by atoms with E-state index in [1.54, 1.807) is 19.5 Å². The Balaban J connectivity index is 2.10. The van der Waals surface area contributed by atoms with Gasteiger partial charge in [0.15, 0.2) is 0 Å². The lowest BCUT2D eigenvalue weighted by Crippen LogP contribution is -2.32. The van der Waals surface area contributed by atoms with E-state index in [0.29, 0.717) is 13.1 Å². The van der Waals surface area contributed by atoms with Crippen LogP contribution in [0.1, 0.15) is 35.3 Å². The number of aryl methyl sites for hydroxylation is 1. The highest BCUT2D eigenvalue weighted by atomic mass is 16.5. The Morgan fingerprint density at radius 3 is 2.52 bits per heavy atom. The number of hydrogen-bond donors (Lipinski definition) is 0. The Morgan fingerprint density at radius 2 is 1.91 bits per heavy atom. The van der Waals surface area contributed by atoms with Crippen molar-refractivity contribution in [2.24, 2.45) is 0 Å². The normalized spacial score (nSPS) is 10.4. The van der Waals surface area contributed by atoms with Crippen molar-refractivity contribution in [3.8, 4) is 5.75 Å². The maximum absolute atomic E-state index is 12.7. The maximum atomic E-state index is 12.7. The van der Waals surface area contributed by atoms with E-state index in [2.05, 4.69) is 11.9 Å². The molecule has 0 aliphatic carbocycles. The highest BCUT2D eigenvalue weighted by molar-refractivity contribution is 5.94. The zero-order valence-corrected chi connectivity index (χ0v) is 14.1. The van der Waals surface area contributed by atoms with Gasteiger partial charge in [-0.15, -0.1) is 0 Å². The molecule has 0 aliphatic rings. The Bertz CT molecular complexity index is 641. The Morgan fingerprint density at radius 1 is 1.17 bits per heavy atom. The fraction of sp³-hybridized carbons (Fsp3) is 0.368. The van der Waals surface area contributed by atoms with E-state index in [1.165, 1.54) is 5.56 Å². The molecule has 0 saturated carbocycles. The summed E-state index contributed by atoms with van der Waals surface area (Å²) in [6.45, 7) is 5.46. The molecule has 0 unspecified atom stereocenters. The highest BCUT2D eigenvalue weighted by Crippen LogP contribution is 2.21. The predicted molar refractivity (Wildman–Crippen MR) is 91.9 cm³/mol. The molecule has 0 saturated heterocycles. The van der Waals surface area contributed by atoms with Crippen LogP contribution in [0.25, 0.3) is 0 Å². The fourth-order valence-corrected chi connectivity index (χ4v) is 2.59. The van der Waals surface area contributed by atoms with Crippen molar-refractivity contribution in [1.29, 1.82) is 0 Å². The van der Waals surface area contributed by atoms with Gasteiger partial charge in [-0.2, -0.15) is 0 Å². The molecule has 122 valence electrons. The number of methoxy groups -OCH3 is 1. The van der Waals surface area contributed by atoms with Gasteiger partial charge in [0.05, 0.1) is 7.11 Å². The van der Waals surface area contributed by atoms with Crippen LogP contribution >= 0.6 is 0 Å². The summed E-state index contributed by atoms with van der Waals surface area (Å²) in [5.41, 5.74) is 2.97. The molecule has 1 aromatic carbocycles. The zero-order chi connectivity index (χ0) is 16.7. The number of ether oxygens (including phenoxy) is 1. The molecule has 4 heteroatoms. The zero-order valence-electron chi connectivity index (χ0n) is 14.1. The number of carbonyl (C=O) groups excluding carboxylic acids is 1. The average molecular weight is 312 g/mol. The van der Waals surface area contributed by atoms with Crippen molar-refractivity contribution in [1.82, 2.24) is 9.88 Å². The summed E-state index contributed by atoms with van der Waals surface area (Å²) < 4.78 is 5.33. The quantitative estimate of drug-likeness (QED) is 0.787. The number of carbonyl (C=O) groups is 1. The Hall–Kier alpha value is -2.36. The molecule has 2 aromatic rings. The molecule has 0 N–H and O–H groups in total. The van der Waals surface area contributed by atoms with Crippen molar-refractivity contribution in [3.63, 3.8) is 0 Å². The summed E-state index contributed by atoms with van der Waals surface area (Å²) in [4.78, 5) is 18.6. The van der Waals surface area contributed by atoms with Gasteiger partial charge in [0.1, 0.15) is 5.75 Å². The van der Waals surface area contributed by atoms with Gasteiger partial charge < -0.3 is 9.64 Å². The molecule has 0 bridgehead atoms. The number of amides is 1. The van der Waals surface area contributed by atoms with Crippen molar-refractivity contribution < 1.29 is 9.53 Å². The molecule has 2 rings (SSSR count). The SMILES string of the molecule is CCc1cc(C(=O)N(CC)CCc2ccncc2)ccc1OC. The van der Waals surface area contributed by atoms with Gasteiger partial charge in [0.25, 0.3) is 5.91 Å². The summed E-state index contributed by atoms with van der Waals surface area (Å²) in [6.07, 6.45) is 5.24. The van der Waals surface area contributed by atoms with Crippen LogP contribution in [0.3, 0.4) is 0 Å². The molecular formula is C19H24N2O2. The van der Waals surface area contributed by atoms with Gasteiger partial charge in [-0.1, -0.05) is 6.92 Å². The molecule has 23 heavy (non-hydrogen) atoms. The van der Waals surface area contributed by atoms with Crippen LogP contribution in [-0.2, 0) is 12.8 Å². The first-order valence-corrected chi connectivity index (χ1v) is 8.04. The van der Waals surface area contributed by atoms with Crippen LogP contribution in [0.4, 0.5) is 0 Å². The smallest absolute Gasteiger partial charge is 0.253 e. The third-order valence-electron chi connectivity index (χ3n) is 4.00. The average Bonchev–Trinajstić information content (AvgIpc) is 2.62. The van der Waals surface area contributed by atoms with Crippen molar-refractivity contribution in [3.05, 3.63) is 59.4 Å². The van der Waals surface area contributed by atoms with Gasteiger partial charge >= 0.3 is 0 Å². The summed E-state index contributed by atoms with van der Waals surface area (Å²) in [7, 11) is 1.66. The largest absolute Gasteiger partial charge is 0.496 e. The number of likely N-dealkylation sites (N-methyl/N-ethyl adjacent to an activating group) is 1. The molecule has 1 amide bonds. The minimum atomic E-state index is 0.0684. The number of aromatic nitrogens is 1. The van der Waals surface area contributed by atoms with E-state index in [9.17, 15) is 4.79 Å². The van der Waals surface area contributed by atoms with Crippen LogP contribution in [-0.4, -0.2) is 36.0 Å². The number of benzene rings is 1. The van der Waals surface area contributed by atoms with E-state index >= 15 is 0 Å². The second-order valence-electron chi connectivity index (χ2n) is 5.37. The minimum absolute atomic E-state index is 0.0684. The second-order valence-corrected chi connectivity index (χ2v) is 5.37. The molecule has 0 aliphatic heterocycles. The first kappa shape index (κ1) is 17.0. The topological polar surface area (TPSA) is 42.4 Å². The maximum Gasteiger partial charge on any atom is 0.253 e. The van der Waals surface area contributed by atoms with Gasteiger partial charge in [0, 0.05) is 31.0 Å². The number of pyridine rings is 1. The van der Waals surface area contributed by atoms with E-state index in [-0.39, 0.29) is 5.91 Å². The molecule has 0 spiro atoms. The van der Waals surface area contributed by atoms with Crippen LogP contribution in [0.5, 0.6) is 5.75 Å². The van der Waals surface area contributed by atoms with Crippen LogP contribution in [0.2, 0.25) is 0 Å². The monoisotopic (exact) mass is 312 g/mol. The summed E-state index contributed by atoms with van der Waals surface area (Å²) >= 11 is 0. The lowest BCUT2D eigenvalue weighted by molar-refractivity contribution is 0.0766. The first-order chi connectivity index (χ1) is 11.2. The lowest BCUT2D eigenvalue weighted by atomic mass is 10.1. The van der Waals surface area contributed by atoms with Gasteiger partial charge in [-0.25, -0.2) is 0 Å². The molecule has 1 heterocycles. The van der Waals surface area contributed by atoms with E-state index in [4.69, 9.17) is 4.74 Å². The minimum Gasteiger partial charge on any atom is -0.496 e. The molecule has 0 atom stereocenters. The number of hydrogen-bond acceptors (Lipinski definition) is 3. The molecule has 0 fully saturated rings. The van der Waals surface area contributed by atoms with Crippen molar-refractivity contribution >= 4 is 5.91 Å². The second kappa shape index (κ2) is 8.32. The van der Waals surface area contributed by atoms with Crippen LogP contribution in [0, 0.1) is 0 Å². The molecule has 1 aromatic heterocycles. The predicted octanol–water partition coefficient (Wildman–Crippen LogP) is 3.36.